The van der Waals surface area contributed by atoms with Gasteiger partial charge >= 0.3 is 6.18 Å². The number of para-hydroxylation sites is 2. The lowest BCUT2D eigenvalue weighted by molar-refractivity contribution is -0.137. The largest absolute Gasteiger partial charge is 0.417 e. The molecule has 1 aliphatic heterocycles. The summed E-state index contributed by atoms with van der Waals surface area (Å²) in [4.78, 5) is 30.1. The van der Waals surface area contributed by atoms with Gasteiger partial charge in [0.15, 0.2) is 0 Å². The molecule has 1 atom stereocenters. The van der Waals surface area contributed by atoms with Crippen molar-refractivity contribution in [3.05, 3.63) is 94.5 Å². The number of nitrogens with two attached hydrogens (primary N) is 1. The highest BCUT2D eigenvalue weighted by Crippen LogP contribution is 2.36. The van der Waals surface area contributed by atoms with Crippen molar-refractivity contribution in [2.45, 2.75) is 12.2 Å². The molecule has 4 N–H and O–H groups in total. The third-order valence-corrected chi connectivity index (χ3v) is 7.31. The first kappa shape index (κ1) is 32.0. The Hall–Kier alpha value is -3.90. The number of morpholine rings is 1. The van der Waals surface area contributed by atoms with E-state index >= 15 is 0 Å². The number of anilines is 3. The van der Waals surface area contributed by atoms with E-state index in [2.05, 4.69) is 15.5 Å². The van der Waals surface area contributed by atoms with Crippen molar-refractivity contribution in [1.29, 1.82) is 0 Å². The molecule has 8 nitrogen and oxygen atoms in total. The molecular formula is C31H33ClF3N5O3. The molecule has 0 saturated carbocycles. The maximum Gasteiger partial charge on any atom is 0.417 e. The number of nitrogens with one attached hydrogen (secondary N) is 2. The van der Waals surface area contributed by atoms with Gasteiger partial charge in [-0.15, -0.1) is 0 Å². The quantitative estimate of drug-likeness (QED) is 0.205. The first-order valence-corrected chi connectivity index (χ1v) is 14.0. The van der Waals surface area contributed by atoms with Gasteiger partial charge in [-0.1, -0.05) is 48.0 Å². The smallest absolute Gasteiger partial charge is 0.397 e. The molecule has 228 valence electrons. The third kappa shape index (κ3) is 9.04. The molecule has 1 aliphatic rings. The lowest BCUT2D eigenvalue weighted by Gasteiger charge is -2.32. The van der Waals surface area contributed by atoms with Crippen LogP contribution in [-0.4, -0.2) is 68.1 Å². The molecule has 4 rings (SSSR count). The molecule has 1 heterocycles. The SMILES string of the molecule is CN(CCN1CCOCC1)C(C(=O)Nc1ccc(C(F)(F)F)c(Cl)c1)c1ccc(/C=C/C(=O)Nc2ccccc2N)cc1. The van der Waals surface area contributed by atoms with E-state index in [4.69, 9.17) is 22.1 Å². The van der Waals surface area contributed by atoms with Crippen molar-refractivity contribution in [2.75, 3.05) is 62.8 Å². The van der Waals surface area contributed by atoms with E-state index in [0.717, 1.165) is 30.8 Å². The van der Waals surface area contributed by atoms with Gasteiger partial charge in [0.1, 0.15) is 6.04 Å². The van der Waals surface area contributed by atoms with Crippen LogP contribution in [0.2, 0.25) is 5.02 Å². The van der Waals surface area contributed by atoms with Gasteiger partial charge in [-0.05, 0) is 54.6 Å². The number of nitrogen functional groups attached to an aromatic ring is 1. The van der Waals surface area contributed by atoms with Gasteiger partial charge in [-0.2, -0.15) is 13.2 Å². The van der Waals surface area contributed by atoms with Crippen molar-refractivity contribution in [1.82, 2.24) is 9.80 Å². The second kappa shape index (κ2) is 14.5. The lowest BCUT2D eigenvalue weighted by Crippen LogP contribution is -2.43. The topological polar surface area (TPSA) is 99.9 Å². The molecule has 1 fully saturated rings. The van der Waals surface area contributed by atoms with E-state index in [1.54, 1.807) is 54.6 Å². The van der Waals surface area contributed by atoms with Gasteiger partial charge in [0.2, 0.25) is 11.8 Å². The highest BCUT2D eigenvalue weighted by molar-refractivity contribution is 6.31. The number of rotatable bonds is 10. The van der Waals surface area contributed by atoms with Crippen LogP contribution in [0.1, 0.15) is 22.7 Å². The molecule has 12 heteroatoms. The summed E-state index contributed by atoms with van der Waals surface area (Å²) in [6, 6.07) is 16.4. The van der Waals surface area contributed by atoms with Crippen LogP contribution >= 0.6 is 11.6 Å². The average molecular weight is 616 g/mol. The van der Waals surface area contributed by atoms with Gasteiger partial charge in [0.25, 0.3) is 0 Å². The van der Waals surface area contributed by atoms with Crippen molar-refractivity contribution in [2.24, 2.45) is 0 Å². The summed E-state index contributed by atoms with van der Waals surface area (Å²) in [7, 11) is 1.82. The molecule has 2 amide bonds. The Kier molecular flexibility index (Phi) is 10.8. The number of halogens is 4. The molecule has 1 unspecified atom stereocenters. The Morgan fingerprint density at radius 3 is 2.42 bits per heavy atom. The fourth-order valence-electron chi connectivity index (χ4n) is 4.64. The minimum Gasteiger partial charge on any atom is -0.397 e. The fraction of sp³-hybridized carbons (Fsp3) is 0.290. The molecule has 0 radical (unpaired) electrons. The molecule has 0 spiro atoms. The minimum atomic E-state index is -4.60. The van der Waals surface area contributed by atoms with Crippen LogP contribution < -0.4 is 16.4 Å². The number of carbonyl (C=O) groups is 2. The highest BCUT2D eigenvalue weighted by Gasteiger charge is 2.33. The maximum absolute atomic E-state index is 13.6. The van der Waals surface area contributed by atoms with E-state index in [1.807, 2.05) is 11.9 Å². The zero-order chi connectivity index (χ0) is 31.0. The van der Waals surface area contributed by atoms with Crippen LogP contribution in [0.3, 0.4) is 0 Å². The van der Waals surface area contributed by atoms with Crippen molar-refractivity contribution in [3.63, 3.8) is 0 Å². The van der Waals surface area contributed by atoms with Crippen LogP contribution in [0.5, 0.6) is 0 Å². The lowest BCUT2D eigenvalue weighted by atomic mass is 10.0. The van der Waals surface area contributed by atoms with E-state index in [-0.39, 0.29) is 11.6 Å². The number of nitrogens with zero attached hydrogens (tertiary/aromatic N) is 2. The first-order chi connectivity index (χ1) is 20.5. The second-order valence-electron chi connectivity index (χ2n) is 10.1. The van der Waals surface area contributed by atoms with Gasteiger partial charge in [0, 0.05) is 37.9 Å². The Balaban J connectivity index is 1.49. The summed E-state index contributed by atoms with van der Waals surface area (Å²) in [5.41, 5.74) is 7.41. The summed E-state index contributed by atoms with van der Waals surface area (Å²) in [6.07, 6.45) is -1.58. The molecule has 0 bridgehead atoms. The summed E-state index contributed by atoms with van der Waals surface area (Å²) in [5.74, 6) is -0.777. The number of hydrogen-bond donors (Lipinski definition) is 3. The molecule has 0 aliphatic carbocycles. The predicted molar refractivity (Wildman–Crippen MR) is 163 cm³/mol. The van der Waals surface area contributed by atoms with Gasteiger partial charge in [-0.3, -0.25) is 19.4 Å². The molecule has 3 aromatic rings. The number of ether oxygens (including phenoxy) is 1. The summed E-state index contributed by atoms with van der Waals surface area (Å²) in [6.45, 7) is 4.14. The number of benzene rings is 3. The van der Waals surface area contributed by atoms with Crippen LogP contribution in [0.4, 0.5) is 30.2 Å². The van der Waals surface area contributed by atoms with E-state index in [9.17, 15) is 22.8 Å². The highest BCUT2D eigenvalue weighted by atomic mass is 35.5. The second-order valence-corrected chi connectivity index (χ2v) is 10.5. The van der Waals surface area contributed by atoms with Crippen molar-refractivity contribution < 1.29 is 27.5 Å². The number of hydrogen-bond acceptors (Lipinski definition) is 6. The van der Waals surface area contributed by atoms with Gasteiger partial charge in [-0.25, -0.2) is 0 Å². The van der Waals surface area contributed by atoms with E-state index in [1.165, 1.54) is 12.1 Å². The molecule has 0 aromatic heterocycles. The van der Waals surface area contributed by atoms with Crippen molar-refractivity contribution >= 4 is 46.6 Å². The van der Waals surface area contributed by atoms with Crippen LogP contribution in [0.15, 0.2) is 72.8 Å². The van der Waals surface area contributed by atoms with Gasteiger partial charge in [0.05, 0.1) is 35.2 Å². The molecule has 43 heavy (non-hydrogen) atoms. The number of carbonyl (C=O) groups excluding carboxylic acids is 2. The summed E-state index contributed by atoms with van der Waals surface area (Å²) < 4.78 is 44.9. The van der Waals surface area contributed by atoms with Crippen LogP contribution in [0.25, 0.3) is 6.08 Å². The fourth-order valence-corrected chi connectivity index (χ4v) is 4.93. The minimum absolute atomic E-state index is 0.152. The standard InChI is InChI=1S/C31H33ClF3N5O3/c1-39(14-15-40-16-18-43-19-17-40)29(30(42)37-23-11-12-24(25(32)20-23)31(33,34)35)22-9-6-21(7-10-22)8-13-28(41)38-27-5-3-2-4-26(27)36/h2-13,20,29H,14-19,36H2,1H3,(H,37,42)(H,38,41)/b13-8+. The zero-order valence-corrected chi connectivity index (χ0v) is 24.3. The number of alkyl halides is 3. The first-order valence-electron chi connectivity index (χ1n) is 13.6. The van der Waals surface area contributed by atoms with Crippen molar-refractivity contribution in [3.8, 4) is 0 Å². The Labute approximate surface area is 253 Å². The Morgan fingerprint density at radius 1 is 1.07 bits per heavy atom. The Bertz CT molecular complexity index is 1440. The predicted octanol–water partition coefficient (Wildman–Crippen LogP) is 5.54. The summed E-state index contributed by atoms with van der Waals surface area (Å²) >= 11 is 5.88. The maximum atomic E-state index is 13.6. The molecule has 3 aromatic carbocycles. The number of amides is 2. The monoisotopic (exact) mass is 615 g/mol. The number of likely N-dealkylation sites (N-methyl/N-ethyl adjacent to an activating group) is 1. The van der Waals surface area contributed by atoms with Gasteiger partial charge < -0.3 is 21.1 Å². The molecule has 1 saturated heterocycles. The van der Waals surface area contributed by atoms with Crippen LogP contribution in [-0.2, 0) is 20.5 Å². The normalized spacial score (nSPS) is 15.0. The van der Waals surface area contributed by atoms with E-state index < -0.39 is 28.7 Å². The van der Waals surface area contributed by atoms with E-state index in [0.29, 0.717) is 43.2 Å². The molecular weight excluding hydrogens is 583 g/mol. The summed E-state index contributed by atoms with van der Waals surface area (Å²) in [5, 5.41) is 4.94. The third-order valence-electron chi connectivity index (χ3n) is 7.00. The average Bonchev–Trinajstić information content (AvgIpc) is 2.97. The Morgan fingerprint density at radius 2 is 1.77 bits per heavy atom. The zero-order valence-electron chi connectivity index (χ0n) is 23.5. The van der Waals surface area contributed by atoms with Crippen LogP contribution in [0, 0.1) is 0 Å².